The van der Waals surface area contributed by atoms with Gasteiger partial charge in [-0.1, -0.05) is 11.2 Å². The predicted molar refractivity (Wildman–Crippen MR) is 59.8 cm³/mol. The van der Waals surface area contributed by atoms with Crippen molar-refractivity contribution in [2.24, 2.45) is 5.73 Å². The van der Waals surface area contributed by atoms with Gasteiger partial charge in [-0.15, -0.1) is 0 Å². The summed E-state index contributed by atoms with van der Waals surface area (Å²) in [6, 6.07) is 5.76. The van der Waals surface area contributed by atoms with E-state index in [-0.39, 0.29) is 18.5 Å². The van der Waals surface area contributed by atoms with Gasteiger partial charge in [0.1, 0.15) is 18.2 Å². The maximum absolute atomic E-state index is 13.1. The first-order valence-electron chi connectivity index (χ1n) is 5.24. The summed E-state index contributed by atoms with van der Waals surface area (Å²) in [4.78, 5) is 0. The lowest BCUT2D eigenvalue weighted by atomic mass is 10.1. The molecule has 0 aliphatic carbocycles. The Morgan fingerprint density at radius 2 is 2.29 bits per heavy atom. The maximum Gasteiger partial charge on any atom is 0.174 e. The number of hydrogen-bond donors (Lipinski definition) is 1. The number of nitrogens with zero attached hydrogens (tertiary/aromatic N) is 1. The van der Waals surface area contributed by atoms with E-state index in [1.54, 1.807) is 12.1 Å². The van der Waals surface area contributed by atoms with Crippen LogP contribution < -0.4 is 10.5 Å². The standard InChI is InChI=1S/C12H13FN2O2/c1-8(14)11-3-2-9(13)6-12(11)16-7-10-4-5-15-17-10/h2-6,8H,7,14H2,1H3/t8-/m1/s1. The zero-order valence-electron chi connectivity index (χ0n) is 9.39. The van der Waals surface area contributed by atoms with E-state index in [0.29, 0.717) is 11.5 Å². The molecule has 0 aliphatic heterocycles. The lowest BCUT2D eigenvalue weighted by Crippen LogP contribution is -2.08. The predicted octanol–water partition coefficient (Wildman–Crippen LogP) is 2.41. The van der Waals surface area contributed by atoms with Gasteiger partial charge in [0, 0.05) is 23.7 Å². The lowest BCUT2D eigenvalue weighted by Gasteiger charge is -2.13. The molecule has 4 nitrogen and oxygen atoms in total. The van der Waals surface area contributed by atoms with Crippen LogP contribution in [0.4, 0.5) is 4.39 Å². The van der Waals surface area contributed by atoms with E-state index in [1.807, 2.05) is 6.92 Å². The second kappa shape index (κ2) is 4.97. The molecular weight excluding hydrogens is 223 g/mol. The summed E-state index contributed by atoms with van der Waals surface area (Å²) in [5, 5.41) is 3.56. The number of benzene rings is 1. The number of ether oxygens (including phenoxy) is 1. The molecule has 0 saturated heterocycles. The van der Waals surface area contributed by atoms with Gasteiger partial charge in [-0.3, -0.25) is 0 Å². The summed E-state index contributed by atoms with van der Waals surface area (Å²) in [6.45, 7) is 2.01. The normalized spacial score (nSPS) is 12.4. The van der Waals surface area contributed by atoms with Crippen LogP contribution in [0.1, 0.15) is 24.3 Å². The van der Waals surface area contributed by atoms with Crippen molar-refractivity contribution in [1.29, 1.82) is 0 Å². The smallest absolute Gasteiger partial charge is 0.174 e. The minimum Gasteiger partial charge on any atom is -0.485 e. The van der Waals surface area contributed by atoms with E-state index in [9.17, 15) is 4.39 Å². The molecule has 17 heavy (non-hydrogen) atoms. The van der Waals surface area contributed by atoms with Crippen molar-refractivity contribution in [2.45, 2.75) is 19.6 Å². The molecule has 0 bridgehead atoms. The summed E-state index contributed by atoms with van der Waals surface area (Å²) in [7, 11) is 0. The molecule has 0 unspecified atom stereocenters. The summed E-state index contributed by atoms with van der Waals surface area (Å²) in [5.41, 5.74) is 6.53. The third kappa shape index (κ3) is 2.82. The minimum absolute atomic E-state index is 0.198. The summed E-state index contributed by atoms with van der Waals surface area (Å²) >= 11 is 0. The topological polar surface area (TPSA) is 61.3 Å². The van der Waals surface area contributed by atoms with Gasteiger partial charge < -0.3 is 15.0 Å². The number of rotatable bonds is 4. The SMILES string of the molecule is C[C@@H](N)c1ccc(F)cc1OCc1ccno1. The molecule has 1 aromatic heterocycles. The van der Waals surface area contributed by atoms with E-state index in [0.717, 1.165) is 5.56 Å². The van der Waals surface area contributed by atoms with Gasteiger partial charge in [0.05, 0.1) is 6.20 Å². The fourth-order valence-electron chi connectivity index (χ4n) is 1.47. The number of halogens is 1. The third-order valence-corrected chi connectivity index (χ3v) is 2.33. The zero-order valence-corrected chi connectivity index (χ0v) is 9.39. The molecular formula is C12H13FN2O2. The lowest BCUT2D eigenvalue weighted by molar-refractivity contribution is 0.245. The zero-order chi connectivity index (χ0) is 12.3. The molecule has 1 heterocycles. The van der Waals surface area contributed by atoms with Crippen molar-refractivity contribution in [1.82, 2.24) is 5.16 Å². The second-order valence-electron chi connectivity index (χ2n) is 3.74. The molecule has 90 valence electrons. The van der Waals surface area contributed by atoms with Crippen LogP contribution in [-0.2, 0) is 6.61 Å². The van der Waals surface area contributed by atoms with Crippen LogP contribution >= 0.6 is 0 Å². The molecule has 2 aromatic rings. The summed E-state index contributed by atoms with van der Waals surface area (Å²) in [6.07, 6.45) is 1.52. The molecule has 0 amide bonds. The summed E-state index contributed by atoms with van der Waals surface area (Å²) in [5.74, 6) is 0.642. The average Bonchev–Trinajstić information content (AvgIpc) is 2.78. The van der Waals surface area contributed by atoms with Gasteiger partial charge in [0.25, 0.3) is 0 Å². The fraction of sp³-hybridized carbons (Fsp3) is 0.250. The first-order chi connectivity index (χ1) is 8.16. The molecule has 2 rings (SSSR count). The number of nitrogens with two attached hydrogens (primary N) is 1. The Labute approximate surface area is 98.2 Å². The van der Waals surface area contributed by atoms with Gasteiger partial charge in [-0.25, -0.2) is 4.39 Å². The molecule has 1 aromatic carbocycles. The molecule has 0 spiro atoms. The van der Waals surface area contributed by atoms with Gasteiger partial charge in [0.2, 0.25) is 0 Å². The van der Waals surface area contributed by atoms with Crippen LogP contribution in [0.15, 0.2) is 35.0 Å². The number of hydrogen-bond acceptors (Lipinski definition) is 4. The molecule has 0 aliphatic rings. The minimum atomic E-state index is -0.359. The van der Waals surface area contributed by atoms with Crippen molar-refractivity contribution < 1.29 is 13.7 Å². The van der Waals surface area contributed by atoms with Crippen molar-refractivity contribution >= 4 is 0 Å². The van der Waals surface area contributed by atoms with E-state index in [2.05, 4.69) is 5.16 Å². The van der Waals surface area contributed by atoms with E-state index < -0.39 is 0 Å². The van der Waals surface area contributed by atoms with Gasteiger partial charge in [-0.05, 0) is 13.0 Å². The highest BCUT2D eigenvalue weighted by Gasteiger charge is 2.10. The molecule has 1 atom stereocenters. The first kappa shape index (κ1) is 11.6. The van der Waals surface area contributed by atoms with Crippen LogP contribution in [0.2, 0.25) is 0 Å². The van der Waals surface area contributed by atoms with Gasteiger partial charge in [0.15, 0.2) is 5.76 Å². The highest BCUT2D eigenvalue weighted by molar-refractivity contribution is 5.36. The molecule has 0 fully saturated rings. The van der Waals surface area contributed by atoms with Crippen LogP contribution in [-0.4, -0.2) is 5.16 Å². The van der Waals surface area contributed by atoms with Crippen LogP contribution in [0.5, 0.6) is 5.75 Å². The second-order valence-corrected chi connectivity index (χ2v) is 3.74. The van der Waals surface area contributed by atoms with E-state index in [4.69, 9.17) is 15.0 Å². The fourth-order valence-corrected chi connectivity index (χ4v) is 1.47. The Kier molecular flexibility index (Phi) is 3.39. The maximum atomic E-state index is 13.1. The number of aromatic nitrogens is 1. The van der Waals surface area contributed by atoms with Gasteiger partial charge in [-0.2, -0.15) is 0 Å². The highest BCUT2D eigenvalue weighted by atomic mass is 19.1. The Morgan fingerprint density at radius 3 is 2.94 bits per heavy atom. The third-order valence-electron chi connectivity index (χ3n) is 2.33. The van der Waals surface area contributed by atoms with E-state index in [1.165, 1.54) is 18.3 Å². The highest BCUT2D eigenvalue weighted by Crippen LogP contribution is 2.25. The van der Waals surface area contributed by atoms with Crippen molar-refractivity contribution in [2.75, 3.05) is 0 Å². The quantitative estimate of drug-likeness (QED) is 0.885. The van der Waals surface area contributed by atoms with E-state index >= 15 is 0 Å². The Bertz CT molecular complexity index is 483. The van der Waals surface area contributed by atoms with Gasteiger partial charge >= 0.3 is 0 Å². The molecule has 0 saturated carbocycles. The molecule has 0 radical (unpaired) electrons. The van der Waals surface area contributed by atoms with Crippen molar-refractivity contribution in [3.63, 3.8) is 0 Å². The molecule has 5 heteroatoms. The first-order valence-corrected chi connectivity index (χ1v) is 5.24. The average molecular weight is 236 g/mol. The molecule has 2 N–H and O–H groups in total. The van der Waals surface area contributed by atoms with Crippen LogP contribution in [0.25, 0.3) is 0 Å². The largest absolute Gasteiger partial charge is 0.485 e. The monoisotopic (exact) mass is 236 g/mol. The van der Waals surface area contributed by atoms with Crippen molar-refractivity contribution in [3.8, 4) is 5.75 Å². The van der Waals surface area contributed by atoms with Crippen LogP contribution in [0, 0.1) is 5.82 Å². The Balaban J connectivity index is 2.16. The van der Waals surface area contributed by atoms with Crippen molar-refractivity contribution in [3.05, 3.63) is 47.6 Å². The van der Waals surface area contributed by atoms with Crippen LogP contribution in [0.3, 0.4) is 0 Å². The Morgan fingerprint density at radius 1 is 1.47 bits per heavy atom. The summed E-state index contributed by atoms with van der Waals surface area (Å²) < 4.78 is 23.5. The Hall–Kier alpha value is -1.88.